The molecule has 0 aliphatic carbocycles. The number of nitrogens with zero attached hydrogens (tertiary/aromatic N) is 1. The second-order valence-corrected chi connectivity index (χ2v) is 7.39. The van der Waals surface area contributed by atoms with Crippen LogP contribution in [0.2, 0.25) is 0 Å². The minimum absolute atomic E-state index is 0.559. The molecular formula is C25H26N4O3. The summed E-state index contributed by atoms with van der Waals surface area (Å²) in [7, 11) is 1.58. The number of para-hydroxylation sites is 2. The molecular weight excluding hydrogens is 404 g/mol. The van der Waals surface area contributed by atoms with Crippen molar-refractivity contribution in [1.29, 1.82) is 0 Å². The molecule has 0 fully saturated rings. The fourth-order valence-electron chi connectivity index (χ4n) is 3.25. The van der Waals surface area contributed by atoms with Crippen molar-refractivity contribution in [2.24, 2.45) is 5.10 Å². The molecule has 0 spiro atoms. The van der Waals surface area contributed by atoms with E-state index >= 15 is 0 Å². The first kappa shape index (κ1) is 22.6. The van der Waals surface area contributed by atoms with Crippen LogP contribution in [0.15, 0.2) is 65.8 Å². The lowest BCUT2D eigenvalue weighted by atomic mass is 10.1. The van der Waals surface area contributed by atoms with E-state index in [1.54, 1.807) is 19.2 Å². The normalized spacial score (nSPS) is 10.6. The Labute approximate surface area is 187 Å². The maximum absolute atomic E-state index is 12.2. The number of amides is 2. The van der Waals surface area contributed by atoms with Gasteiger partial charge in [-0.1, -0.05) is 36.4 Å². The molecule has 0 radical (unpaired) electrons. The van der Waals surface area contributed by atoms with E-state index in [0.29, 0.717) is 22.7 Å². The number of rotatable bonds is 6. The van der Waals surface area contributed by atoms with E-state index in [9.17, 15) is 9.59 Å². The van der Waals surface area contributed by atoms with Gasteiger partial charge in [-0.15, -0.1) is 0 Å². The minimum atomic E-state index is -0.864. The third-order valence-electron chi connectivity index (χ3n) is 4.74. The Morgan fingerprint density at radius 1 is 0.906 bits per heavy atom. The van der Waals surface area contributed by atoms with Crippen molar-refractivity contribution in [3.8, 4) is 5.75 Å². The molecule has 7 heteroatoms. The summed E-state index contributed by atoms with van der Waals surface area (Å²) in [6.45, 7) is 5.84. The van der Waals surface area contributed by atoms with Crippen molar-refractivity contribution in [2.45, 2.75) is 20.8 Å². The first-order valence-electron chi connectivity index (χ1n) is 10.1. The summed E-state index contributed by atoms with van der Waals surface area (Å²) < 4.78 is 5.47. The highest BCUT2D eigenvalue weighted by Gasteiger charge is 2.14. The first-order valence-corrected chi connectivity index (χ1v) is 10.1. The van der Waals surface area contributed by atoms with Gasteiger partial charge in [0.15, 0.2) is 0 Å². The number of anilines is 3. The quantitative estimate of drug-likeness (QED) is 0.306. The Bertz CT molecular complexity index is 1150. The predicted molar refractivity (Wildman–Crippen MR) is 128 cm³/mol. The molecule has 3 aromatic rings. The molecule has 3 rings (SSSR count). The Kier molecular flexibility index (Phi) is 7.23. The molecule has 0 bridgehead atoms. The van der Waals surface area contributed by atoms with E-state index in [4.69, 9.17) is 4.74 Å². The lowest BCUT2D eigenvalue weighted by Gasteiger charge is -2.15. The van der Waals surface area contributed by atoms with Crippen molar-refractivity contribution in [1.82, 2.24) is 5.43 Å². The molecule has 7 nitrogen and oxygen atoms in total. The van der Waals surface area contributed by atoms with E-state index in [1.165, 1.54) is 6.21 Å². The third kappa shape index (κ3) is 5.72. The number of carbonyl (C=O) groups excluding carboxylic acids is 2. The Balaban J connectivity index is 1.72. The molecule has 0 aliphatic rings. The highest BCUT2D eigenvalue weighted by molar-refractivity contribution is 6.39. The largest absolute Gasteiger partial charge is 0.495 e. The van der Waals surface area contributed by atoms with E-state index in [2.05, 4.69) is 21.2 Å². The van der Waals surface area contributed by atoms with Gasteiger partial charge in [-0.3, -0.25) is 9.59 Å². The summed E-state index contributed by atoms with van der Waals surface area (Å²) >= 11 is 0. The maximum atomic E-state index is 12.2. The Hall–Kier alpha value is -4.13. The number of nitrogens with one attached hydrogen (secondary N) is 3. The molecule has 3 N–H and O–H groups in total. The molecule has 0 saturated carbocycles. The zero-order chi connectivity index (χ0) is 23.1. The number of aryl methyl sites for hydroxylation is 3. The van der Waals surface area contributed by atoms with Crippen LogP contribution in [-0.2, 0) is 9.59 Å². The van der Waals surface area contributed by atoms with Gasteiger partial charge >= 0.3 is 11.8 Å². The molecule has 32 heavy (non-hydrogen) atoms. The predicted octanol–water partition coefficient (Wildman–Crippen LogP) is 4.45. The molecule has 0 aromatic heterocycles. The number of methoxy groups -OCH3 is 1. The van der Waals surface area contributed by atoms with Crippen LogP contribution in [0.5, 0.6) is 5.75 Å². The average Bonchev–Trinajstić information content (AvgIpc) is 2.75. The van der Waals surface area contributed by atoms with E-state index in [1.807, 2.05) is 69.3 Å². The standard InChI is InChI=1S/C25H26N4O3/c1-16-12-17(2)14-20(13-16)27-24(30)25(31)29-26-15-19-9-7-11-22(32-4)23(19)28-21-10-6-5-8-18(21)3/h5-15,28H,1-4H3,(H,27,30)(H,29,31)/b26-15-. The van der Waals surface area contributed by atoms with Crippen LogP contribution in [0.25, 0.3) is 0 Å². The second kappa shape index (κ2) is 10.3. The molecule has 164 valence electrons. The number of hydrazone groups is 1. The summed E-state index contributed by atoms with van der Waals surface area (Å²) in [5, 5.41) is 9.90. The SMILES string of the molecule is COc1cccc(/C=N\NC(=O)C(=O)Nc2cc(C)cc(C)c2)c1Nc1ccccc1C. The van der Waals surface area contributed by atoms with Crippen LogP contribution in [0, 0.1) is 20.8 Å². The van der Waals surface area contributed by atoms with Gasteiger partial charge in [0.1, 0.15) is 5.75 Å². The van der Waals surface area contributed by atoms with Crippen LogP contribution in [0.3, 0.4) is 0 Å². The number of carbonyl (C=O) groups is 2. The van der Waals surface area contributed by atoms with Gasteiger partial charge in [-0.2, -0.15) is 5.10 Å². The summed E-state index contributed by atoms with van der Waals surface area (Å²) in [5.74, 6) is -1.04. The zero-order valence-electron chi connectivity index (χ0n) is 18.5. The van der Waals surface area contributed by atoms with E-state index in [0.717, 1.165) is 22.4 Å². The fourth-order valence-corrected chi connectivity index (χ4v) is 3.25. The minimum Gasteiger partial charge on any atom is -0.495 e. The van der Waals surface area contributed by atoms with Crippen molar-refractivity contribution >= 4 is 35.1 Å². The number of ether oxygens (including phenoxy) is 1. The van der Waals surface area contributed by atoms with Gasteiger partial charge in [-0.25, -0.2) is 5.43 Å². The fraction of sp³-hybridized carbons (Fsp3) is 0.160. The lowest BCUT2D eigenvalue weighted by molar-refractivity contribution is -0.136. The van der Waals surface area contributed by atoms with Crippen molar-refractivity contribution < 1.29 is 14.3 Å². The number of hydrogen-bond donors (Lipinski definition) is 3. The van der Waals surface area contributed by atoms with Crippen LogP contribution in [0.1, 0.15) is 22.3 Å². The molecule has 0 saturated heterocycles. The monoisotopic (exact) mass is 430 g/mol. The van der Waals surface area contributed by atoms with Gasteiger partial charge in [0.2, 0.25) is 0 Å². The van der Waals surface area contributed by atoms with Gasteiger partial charge in [-0.05, 0) is 61.7 Å². The van der Waals surface area contributed by atoms with Crippen LogP contribution in [-0.4, -0.2) is 25.1 Å². The van der Waals surface area contributed by atoms with Gasteiger partial charge in [0.25, 0.3) is 0 Å². The topological polar surface area (TPSA) is 91.8 Å². The summed E-state index contributed by atoms with van der Waals surface area (Å²) in [6.07, 6.45) is 1.46. The van der Waals surface area contributed by atoms with Crippen LogP contribution in [0.4, 0.5) is 17.1 Å². The summed E-state index contributed by atoms with van der Waals surface area (Å²) in [6, 6.07) is 18.9. The average molecular weight is 431 g/mol. The molecule has 0 atom stereocenters. The Morgan fingerprint density at radius 3 is 2.31 bits per heavy atom. The van der Waals surface area contributed by atoms with Crippen LogP contribution >= 0.6 is 0 Å². The molecule has 3 aromatic carbocycles. The van der Waals surface area contributed by atoms with Crippen molar-refractivity contribution in [3.63, 3.8) is 0 Å². The van der Waals surface area contributed by atoms with Crippen LogP contribution < -0.4 is 20.8 Å². The summed E-state index contributed by atoms with van der Waals surface area (Å²) in [5.41, 5.74) is 8.18. The van der Waals surface area contributed by atoms with Gasteiger partial charge in [0.05, 0.1) is 19.0 Å². The lowest BCUT2D eigenvalue weighted by Crippen LogP contribution is -2.32. The first-order chi connectivity index (χ1) is 15.4. The van der Waals surface area contributed by atoms with E-state index in [-0.39, 0.29) is 0 Å². The summed E-state index contributed by atoms with van der Waals surface area (Å²) in [4.78, 5) is 24.4. The van der Waals surface area contributed by atoms with Crippen molar-refractivity contribution in [3.05, 3.63) is 82.9 Å². The number of benzene rings is 3. The number of hydrogen-bond acceptors (Lipinski definition) is 5. The molecule has 0 heterocycles. The highest BCUT2D eigenvalue weighted by Crippen LogP contribution is 2.31. The molecule has 0 unspecified atom stereocenters. The van der Waals surface area contributed by atoms with Crippen molar-refractivity contribution in [2.75, 3.05) is 17.7 Å². The van der Waals surface area contributed by atoms with Gasteiger partial charge in [0, 0.05) is 16.9 Å². The van der Waals surface area contributed by atoms with Gasteiger partial charge < -0.3 is 15.4 Å². The molecule has 2 amide bonds. The third-order valence-corrected chi connectivity index (χ3v) is 4.74. The van der Waals surface area contributed by atoms with E-state index < -0.39 is 11.8 Å². The maximum Gasteiger partial charge on any atom is 0.329 e. The highest BCUT2D eigenvalue weighted by atomic mass is 16.5. The smallest absolute Gasteiger partial charge is 0.329 e. The zero-order valence-corrected chi connectivity index (χ0v) is 18.5. The Morgan fingerprint density at radius 2 is 1.62 bits per heavy atom. The second-order valence-electron chi connectivity index (χ2n) is 7.39. The molecule has 0 aliphatic heterocycles.